The molecule has 0 aliphatic heterocycles. The molecule has 3 aromatic rings. The molecule has 1 fully saturated rings. The summed E-state index contributed by atoms with van der Waals surface area (Å²) in [6.07, 6.45) is 2.26. The van der Waals surface area contributed by atoms with Crippen molar-refractivity contribution < 1.29 is 14.3 Å². The molecule has 1 aliphatic carbocycles. The van der Waals surface area contributed by atoms with Crippen LogP contribution in [0.2, 0.25) is 0 Å². The van der Waals surface area contributed by atoms with E-state index >= 15 is 0 Å². The Balaban J connectivity index is 1.46. The number of fused-ring (bicyclic) bond motifs is 1. The van der Waals surface area contributed by atoms with Gasteiger partial charge in [-0.2, -0.15) is 5.10 Å². The number of carbonyl (C=O) groups excluding carboxylic acids is 1. The second-order valence-corrected chi connectivity index (χ2v) is 7.06. The van der Waals surface area contributed by atoms with Crippen LogP contribution in [0.25, 0.3) is 11.0 Å². The molecular formula is C21H24N4O3. The fourth-order valence-electron chi connectivity index (χ4n) is 3.35. The monoisotopic (exact) mass is 380 g/mol. The predicted molar refractivity (Wildman–Crippen MR) is 106 cm³/mol. The molecule has 0 bridgehead atoms. The Morgan fingerprint density at radius 2 is 2.07 bits per heavy atom. The van der Waals surface area contributed by atoms with E-state index in [0.717, 1.165) is 41.0 Å². The highest BCUT2D eigenvalue weighted by Gasteiger charge is 2.28. The molecule has 1 N–H and O–H groups in total. The van der Waals surface area contributed by atoms with Crippen molar-refractivity contribution in [3.05, 3.63) is 47.3 Å². The third-order valence-corrected chi connectivity index (χ3v) is 4.93. The number of rotatable bonds is 7. The van der Waals surface area contributed by atoms with E-state index in [9.17, 15) is 4.79 Å². The Labute approximate surface area is 163 Å². The average Bonchev–Trinajstić information content (AvgIpc) is 3.51. The lowest BCUT2D eigenvalue weighted by atomic mass is 10.1. The minimum atomic E-state index is -0.125. The quantitative estimate of drug-likeness (QED) is 0.638. The minimum Gasteiger partial charge on any atom is -0.497 e. The number of hydrogen-bond donors (Lipinski definition) is 1. The first kappa shape index (κ1) is 18.3. The predicted octanol–water partition coefficient (Wildman–Crippen LogP) is 2.97. The van der Waals surface area contributed by atoms with Crippen molar-refractivity contribution >= 4 is 16.9 Å². The number of benzene rings is 1. The van der Waals surface area contributed by atoms with Crippen LogP contribution < -0.4 is 14.8 Å². The van der Waals surface area contributed by atoms with Crippen molar-refractivity contribution in [2.45, 2.75) is 25.7 Å². The lowest BCUT2D eigenvalue weighted by Gasteiger charge is -2.10. The van der Waals surface area contributed by atoms with Gasteiger partial charge in [0.25, 0.3) is 5.91 Å². The summed E-state index contributed by atoms with van der Waals surface area (Å²) in [6, 6.07) is 9.32. The molecule has 0 spiro atoms. The van der Waals surface area contributed by atoms with E-state index in [4.69, 9.17) is 14.5 Å². The number of nitrogens with zero attached hydrogens (tertiary/aromatic N) is 3. The summed E-state index contributed by atoms with van der Waals surface area (Å²) in [5.74, 6) is 1.78. The first-order valence-corrected chi connectivity index (χ1v) is 9.46. The normalized spacial score (nSPS) is 13.5. The number of aryl methyl sites for hydroxylation is 2. The van der Waals surface area contributed by atoms with Crippen LogP contribution >= 0.6 is 0 Å². The van der Waals surface area contributed by atoms with Gasteiger partial charge >= 0.3 is 0 Å². The molecule has 1 aliphatic rings. The summed E-state index contributed by atoms with van der Waals surface area (Å²) in [6.45, 7) is 2.68. The van der Waals surface area contributed by atoms with Gasteiger partial charge in [0.15, 0.2) is 5.65 Å². The largest absolute Gasteiger partial charge is 0.497 e. The smallest absolute Gasteiger partial charge is 0.252 e. The molecule has 0 saturated heterocycles. The summed E-state index contributed by atoms with van der Waals surface area (Å²) in [4.78, 5) is 17.6. The van der Waals surface area contributed by atoms with Crippen molar-refractivity contribution in [1.82, 2.24) is 20.1 Å². The van der Waals surface area contributed by atoms with Gasteiger partial charge < -0.3 is 14.8 Å². The first-order valence-electron chi connectivity index (χ1n) is 9.46. The molecule has 1 amide bonds. The number of aromatic nitrogens is 3. The zero-order chi connectivity index (χ0) is 19.7. The molecule has 1 saturated carbocycles. The van der Waals surface area contributed by atoms with Gasteiger partial charge in [0.1, 0.15) is 18.1 Å². The Kier molecular flexibility index (Phi) is 4.90. The number of ether oxygens (including phenoxy) is 2. The standard InChI is InChI=1S/C21H24N4O3/c1-13-19-17(12-18(14-7-8-14)23-20(19)25(2)24-13)21(26)22-9-10-28-16-6-4-5-15(11-16)27-3/h4-6,11-12,14H,7-10H2,1-3H3,(H,22,26). The zero-order valence-corrected chi connectivity index (χ0v) is 16.4. The molecule has 2 aromatic heterocycles. The highest BCUT2D eigenvalue weighted by atomic mass is 16.5. The molecule has 0 radical (unpaired) electrons. The number of carbonyl (C=O) groups is 1. The Morgan fingerprint density at radius 1 is 1.29 bits per heavy atom. The van der Waals surface area contributed by atoms with Crippen LogP contribution in [0.4, 0.5) is 0 Å². The Morgan fingerprint density at radius 3 is 2.82 bits per heavy atom. The van der Waals surface area contributed by atoms with Crippen LogP contribution in [-0.2, 0) is 7.05 Å². The topological polar surface area (TPSA) is 78.3 Å². The van der Waals surface area contributed by atoms with E-state index in [1.54, 1.807) is 11.8 Å². The average molecular weight is 380 g/mol. The zero-order valence-electron chi connectivity index (χ0n) is 16.4. The van der Waals surface area contributed by atoms with Crippen LogP contribution in [0.5, 0.6) is 11.5 Å². The number of methoxy groups -OCH3 is 1. The van der Waals surface area contributed by atoms with Gasteiger partial charge in [0.2, 0.25) is 0 Å². The molecule has 28 heavy (non-hydrogen) atoms. The fourth-order valence-corrected chi connectivity index (χ4v) is 3.35. The van der Waals surface area contributed by atoms with E-state index in [2.05, 4.69) is 10.4 Å². The molecule has 2 heterocycles. The van der Waals surface area contributed by atoms with Crippen LogP contribution in [-0.4, -0.2) is 40.9 Å². The minimum absolute atomic E-state index is 0.125. The van der Waals surface area contributed by atoms with E-state index in [-0.39, 0.29) is 5.91 Å². The van der Waals surface area contributed by atoms with E-state index in [0.29, 0.717) is 30.4 Å². The van der Waals surface area contributed by atoms with Crippen molar-refractivity contribution in [2.24, 2.45) is 7.05 Å². The lowest BCUT2D eigenvalue weighted by Crippen LogP contribution is -2.28. The lowest BCUT2D eigenvalue weighted by molar-refractivity contribution is 0.0948. The van der Waals surface area contributed by atoms with Gasteiger partial charge in [-0.25, -0.2) is 4.98 Å². The third-order valence-electron chi connectivity index (χ3n) is 4.93. The number of pyridine rings is 1. The molecule has 4 rings (SSSR count). The molecule has 0 atom stereocenters. The maximum atomic E-state index is 12.9. The summed E-state index contributed by atoms with van der Waals surface area (Å²) >= 11 is 0. The van der Waals surface area contributed by atoms with Crippen molar-refractivity contribution in [3.63, 3.8) is 0 Å². The molecule has 7 heteroatoms. The molecule has 1 aromatic carbocycles. The summed E-state index contributed by atoms with van der Waals surface area (Å²) < 4.78 is 12.6. The summed E-state index contributed by atoms with van der Waals surface area (Å²) in [5, 5.41) is 8.21. The molecular weight excluding hydrogens is 356 g/mol. The summed E-state index contributed by atoms with van der Waals surface area (Å²) in [5.41, 5.74) is 3.19. The second kappa shape index (κ2) is 7.50. The number of amides is 1. The van der Waals surface area contributed by atoms with E-state index in [1.165, 1.54) is 0 Å². The summed E-state index contributed by atoms with van der Waals surface area (Å²) in [7, 11) is 3.48. The van der Waals surface area contributed by atoms with Gasteiger partial charge in [-0.15, -0.1) is 0 Å². The van der Waals surface area contributed by atoms with Crippen LogP contribution in [0.3, 0.4) is 0 Å². The van der Waals surface area contributed by atoms with Crippen molar-refractivity contribution in [3.8, 4) is 11.5 Å². The molecule has 0 unspecified atom stereocenters. The van der Waals surface area contributed by atoms with Crippen molar-refractivity contribution in [1.29, 1.82) is 0 Å². The maximum Gasteiger partial charge on any atom is 0.252 e. The van der Waals surface area contributed by atoms with E-state index < -0.39 is 0 Å². The first-order chi connectivity index (χ1) is 13.6. The molecule has 146 valence electrons. The Bertz CT molecular complexity index is 1020. The van der Waals surface area contributed by atoms with Crippen LogP contribution in [0.1, 0.15) is 40.5 Å². The highest BCUT2D eigenvalue weighted by Crippen LogP contribution is 2.40. The van der Waals surface area contributed by atoms with Gasteiger partial charge in [0.05, 0.1) is 30.3 Å². The van der Waals surface area contributed by atoms with E-state index in [1.807, 2.05) is 44.3 Å². The highest BCUT2D eigenvalue weighted by molar-refractivity contribution is 6.06. The van der Waals surface area contributed by atoms with Crippen LogP contribution in [0.15, 0.2) is 30.3 Å². The Hall–Kier alpha value is -3.09. The maximum absolute atomic E-state index is 12.9. The van der Waals surface area contributed by atoms with Crippen molar-refractivity contribution in [2.75, 3.05) is 20.3 Å². The fraction of sp³-hybridized carbons (Fsp3) is 0.381. The SMILES string of the molecule is COc1cccc(OCCNC(=O)c2cc(C3CC3)nc3c2c(C)nn3C)c1. The van der Waals surface area contributed by atoms with Crippen LogP contribution in [0, 0.1) is 6.92 Å². The van der Waals surface area contributed by atoms with Gasteiger partial charge in [-0.05, 0) is 38.0 Å². The molecule has 7 nitrogen and oxygen atoms in total. The number of hydrogen-bond acceptors (Lipinski definition) is 5. The van der Waals surface area contributed by atoms with Gasteiger partial charge in [-0.3, -0.25) is 9.48 Å². The number of nitrogens with one attached hydrogen (secondary N) is 1. The third kappa shape index (κ3) is 3.65. The van der Waals surface area contributed by atoms with Gasteiger partial charge in [0, 0.05) is 24.7 Å². The second-order valence-electron chi connectivity index (χ2n) is 7.06. The van der Waals surface area contributed by atoms with Gasteiger partial charge in [-0.1, -0.05) is 6.07 Å².